The Bertz CT molecular complexity index is 501. The minimum absolute atomic E-state index is 0.0440. The summed E-state index contributed by atoms with van der Waals surface area (Å²) in [5.41, 5.74) is 1.06. The molecule has 1 amide bonds. The highest BCUT2D eigenvalue weighted by Gasteiger charge is 2.32. The molecule has 4 nitrogen and oxygen atoms in total. The van der Waals surface area contributed by atoms with Crippen LogP contribution in [0.25, 0.3) is 0 Å². The van der Waals surface area contributed by atoms with E-state index in [4.69, 9.17) is 16.3 Å². The molecule has 0 radical (unpaired) electrons. The number of hydrogen-bond acceptors (Lipinski definition) is 3. The zero-order valence-electron chi connectivity index (χ0n) is 10.3. The Kier molecular flexibility index (Phi) is 3.57. The van der Waals surface area contributed by atoms with Gasteiger partial charge in [0.25, 0.3) is 11.1 Å². The molecule has 0 unspecified atom stereocenters. The normalized spacial score (nSPS) is 18.3. The molecule has 1 heterocycles. The monoisotopic (exact) mass is 267 g/mol. The molecule has 1 aliphatic heterocycles. The molecular weight excluding hydrogens is 254 g/mol. The second-order valence-electron chi connectivity index (χ2n) is 4.05. The summed E-state index contributed by atoms with van der Waals surface area (Å²) in [6.07, 6.45) is 0.103. The molecule has 96 valence electrons. The van der Waals surface area contributed by atoms with E-state index in [1.807, 2.05) is 13.8 Å². The van der Waals surface area contributed by atoms with Crippen LogP contribution in [0.15, 0.2) is 18.2 Å². The first-order valence-corrected chi connectivity index (χ1v) is 6.28. The van der Waals surface area contributed by atoms with Crippen LogP contribution in [0.2, 0.25) is 0 Å². The highest BCUT2D eigenvalue weighted by atomic mass is 35.5. The van der Waals surface area contributed by atoms with Gasteiger partial charge in [0, 0.05) is 12.1 Å². The fourth-order valence-corrected chi connectivity index (χ4v) is 2.15. The summed E-state index contributed by atoms with van der Waals surface area (Å²) in [6.45, 7) is 4.36. The molecule has 0 N–H and O–H groups in total. The van der Waals surface area contributed by atoms with Gasteiger partial charge in [-0.1, -0.05) is 6.92 Å². The number of nitrogens with zero attached hydrogens (tertiary/aromatic N) is 1. The predicted octanol–water partition coefficient (Wildman–Crippen LogP) is 2.59. The Hall–Kier alpha value is -1.55. The molecule has 0 bridgehead atoms. The largest absolute Gasteiger partial charge is 0.478 e. The SMILES string of the molecule is CC[C@H]1Oc2cc(C(=O)Cl)ccc2N(CC)C1=O. The van der Waals surface area contributed by atoms with Crippen LogP contribution in [-0.2, 0) is 4.79 Å². The van der Waals surface area contributed by atoms with E-state index in [-0.39, 0.29) is 5.91 Å². The van der Waals surface area contributed by atoms with Crippen molar-refractivity contribution in [1.29, 1.82) is 0 Å². The standard InChI is InChI=1S/C13H14ClNO3/c1-3-10-13(17)15(4-2)9-6-5-8(12(14)16)7-11(9)18-10/h5-7,10H,3-4H2,1-2H3/t10-/m1/s1. The lowest BCUT2D eigenvalue weighted by Gasteiger charge is -2.33. The molecule has 1 atom stereocenters. The van der Waals surface area contributed by atoms with Gasteiger partial charge in [-0.2, -0.15) is 0 Å². The molecule has 1 aromatic rings. The molecule has 0 spiro atoms. The van der Waals surface area contributed by atoms with E-state index in [1.165, 1.54) is 0 Å². The number of benzene rings is 1. The number of anilines is 1. The molecule has 2 rings (SSSR count). The van der Waals surface area contributed by atoms with Crippen LogP contribution in [0.3, 0.4) is 0 Å². The van der Waals surface area contributed by atoms with E-state index < -0.39 is 11.3 Å². The second-order valence-corrected chi connectivity index (χ2v) is 4.40. The molecule has 1 aromatic carbocycles. The average molecular weight is 268 g/mol. The minimum atomic E-state index is -0.533. The maximum atomic E-state index is 12.1. The van der Waals surface area contributed by atoms with E-state index in [0.717, 1.165) is 0 Å². The van der Waals surface area contributed by atoms with Gasteiger partial charge >= 0.3 is 0 Å². The van der Waals surface area contributed by atoms with Crippen LogP contribution in [0.1, 0.15) is 30.6 Å². The molecule has 0 saturated carbocycles. The Morgan fingerprint density at radius 3 is 2.72 bits per heavy atom. The van der Waals surface area contributed by atoms with Crippen molar-refractivity contribution in [2.45, 2.75) is 26.4 Å². The van der Waals surface area contributed by atoms with Gasteiger partial charge in [-0.3, -0.25) is 9.59 Å². The molecule has 18 heavy (non-hydrogen) atoms. The highest BCUT2D eigenvalue weighted by Crippen LogP contribution is 2.35. The summed E-state index contributed by atoms with van der Waals surface area (Å²) in [5.74, 6) is 0.493. The zero-order valence-corrected chi connectivity index (χ0v) is 11.0. The summed E-state index contributed by atoms with van der Waals surface area (Å²) >= 11 is 5.44. The fourth-order valence-electron chi connectivity index (χ4n) is 2.03. The minimum Gasteiger partial charge on any atom is -0.478 e. The first-order valence-electron chi connectivity index (χ1n) is 5.90. The van der Waals surface area contributed by atoms with Crippen LogP contribution in [0, 0.1) is 0 Å². The van der Waals surface area contributed by atoms with E-state index in [0.29, 0.717) is 30.0 Å². The van der Waals surface area contributed by atoms with Crippen molar-refractivity contribution in [2.24, 2.45) is 0 Å². The lowest BCUT2D eigenvalue weighted by molar-refractivity contribution is -0.126. The topological polar surface area (TPSA) is 46.6 Å². The van der Waals surface area contributed by atoms with Crippen molar-refractivity contribution in [2.75, 3.05) is 11.4 Å². The Morgan fingerprint density at radius 1 is 1.44 bits per heavy atom. The summed E-state index contributed by atoms with van der Waals surface area (Å²) in [4.78, 5) is 24.9. The van der Waals surface area contributed by atoms with Crippen molar-refractivity contribution in [3.05, 3.63) is 23.8 Å². The summed E-state index contributed by atoms with van der Waals surface area (Å²) in [5, 5.41) is -0.533. The van der Waals surface area contributed by atoms with Crippen LogP contribution in [-0.4, -0.2) is 23.8 Å². The lowest BCUT2D eigenvalue weighted by Crippen LogP contribution is -2.45. The van der Waals surface area contributed by atoms with Gasteiger partial charge in [-0.25, -0.2) is 0 Å². The third-order valence-electron chi connectivity index (χ3n) is 2.98. The molecule has 5 heteroatoms. The van der Waals surface area contributed by atoms with Gasteiger partial charge < -0.3 is 9.64 Å². The third-order valence-corrected chi connectivity index (χ3v) is 3.19. The molecular formula is C13H14ClNO3. The fraction of sp³-hybridized carbons (Fsp3) is 0.385. The van der Waals surface area contributed by atoms with Crippen molar-refractivity contribution >= 4 is 28.4 Å². The number of ether oxygens (including phenoxy) is 1. The van der Waals surface area contributed by atoms with Gasteiger partial charge in [0.1, 0.15) is 5.75 Å². The summed E-state index contributed by atoms with van der Waals surface area (Å²) < 4.78 is 5.61. The van der Waals surface area contributed by atoms with Crippen LogP contribution >= 0.6 is 11.6 Å². The van der Waals surface area contributed by atoms with Gasteiger partial charge in [0.05, 0.1) is 5.69 Å². The van der Waals surface area contributed by atoms with Gasteiger partial charge in [0.2, 0.25) is 0 Å². The number of halogens is 1. The van der Waals surface area contributed by atoms with Crippen molar-refractivity contribution in [3.63, 3.8) is 0 Å². The maximum absolute atomic E-state index is 12.1. The average Bonchev–Trinajstić information content (AvgIpc) is 2.37. The third kappa shape index (κ3) is 2.08. The maximum Gasteiger partial charge on any atom is 0.268 e. The molecule has 1 aliphatic rings. The Labute approximate surface area is 110 Å². The van der Waals surface area contributed by atoms with Crippen molar-refractivity contribution in [3.8, 4) is 5.75 Å². The van der Waals surface area contributed by atoms with Crippen molar-refractivity contribution < 1.29 is 14.3 Å². The van der Waals surface area contributed by atoms with Crippen LogP contribution < -0.4 is 9.64 Å². The van der Waals surface area contributed by atoms with Crippen molar-refractivity contribution in [1.82, 2.24) is 0 Å². The summed E-state index contributed by atoms with van der Waals surface area (Å²) in [6, 6.07) is 4.88. The van der Waals surface area contributed by atoms with E-state index >= 15 is 0 Å². The quantitative estimate of drug-likeness (QED) is 0.791. The number of carbonyl (C=O) groups is 2. The van der Waals surface area contributed by atoms with Gasteiger partial charge in [-0.05, 0) is 43.1 Å². The highest BCUT2D eigenvalue weighted by molar-refractivity contribution is 6.67. The molecule has 0 saturated heterocycles. The molecule has 0 aliphatic carbocycles. The second kappa shape index (κ2) is 4.98. The Balaban J connectivity index is 2.47. The number of hydrogen-bond donors (Lipinski definition) is 0. The number of carbonyl (C=O) groups excluding carboxylic acids is 2. The predicted molar refractivity (Wildman–Crippen MR) is 69.4 cm³/mol. The van der Waals surface area contributed by atoms with Gasteiger partial charge in [-0.15, -0.1) is 0 Å². The van der Waals surface area contributed by atoms with E-state index in [2.05, 4.69) is 0 Å². The molecule has 0 aromatic heterocycles. The lowest BCUT2D eigenvalue weighted by atomic mass is 10.1. The smallest absolute Gasteiger partial charge is 0.268 e. The molecule has 0 fully saturated rings. The van der Waals surface area contributed by atoms with Crippen LogP contribution in [0.4, 0.5) is 5.69 Å². The first-order chi connectivity index (χ1) is 8.58. The summed E-state index contributed by atoms with van der Waals surface area (Å²) in [7, 11) is 0. The first kappa shape index (κ1) is 12.9. The van der Waals surface area contributed by atoms with E-state index in [9.17, 15) is 9.59 Å². The Morgan fingerprint density at radius 2 is 2.17 bits per heavy atom. The number of amides is 1. The number of fused-ring (bicyclic) bond motifs is 1. The number of rotatable bonds is 3. The van der Waals surface area contributed by atoms with Gasteiger partial charge in [0.15, 0.2) is 6.10 Å². The zero-order chi connectivity index (χ0) is 13.3. The van der Waals surface area contributed by atoms with E-state index in [1.54, 1.807) is 23.1 Å². The number of likely N-dealkylation sites (N-methyl/N-ethyl adjacent to an activating group) is 1. The van der Waals surface area contributed by atoms with Crippen LogP contribution in [0.5, 0.6) is 5.75 Å².